The van der Waals surface area contributed by atoms with Crippen molar-refractivity contribution in [2.24, 2.45) is 0 Å². The second kappa shape index (κ2) is 9.91. The van der Waals surface area contributed by atoms with Gasteiger partial charge in [0.15, 0.2) is 0 Å². The second-order valence-corrected chi connectivity index (χ2v) is 11.0. The zero-order valence-electron chi connectivity index (χ0n) is 23.5. The quantitative estimate of drug-likeness (QED) is 0.0624. The number of ether oxygens (including phenoxy) is 2. The minimum Gasteiger partial charge on any atom is -0.386 e. The number of rotatable bonds is 8. The van der Waals surface area contributed by atoms with Crippen LogP contribution in [-0.2, 0) is 9.47 Å². The third-order valence-electron chi connectivity index (χ3n) is 8.46. The highest BCUT2D eigenvalue weighted by Gasteiger charge is 2.34. The van der Waals surface area contributed by atoms with Crippen molar-refractivity contribution in [3.05, 3.63) is 81.9 Å². The Balaban J connectivity index is 1.72. The molecule has 0 amide bonds. The van der Waals surface area contributed by atoms with Crippen LogP contribution in [0.25, 0.3) is 55.2 Å². The highest BCUT2D eigenvalue weighted by atomic mass is 16.6. The van der Waals surface area contributed by atoms with E-state index in [1.54, 1.807) is 24.3 Å². The van der Waals surface area contributed by atoms with E-state index in [0.717, 1.165) is 82.0 Å². The maximum atomic E-state index is 13.1. The fourth-order valence-electron chi connectivity index (χ4n) is 6.55. The van der Waals surface area contributed by atoms with Gasteiger partial charge in [0.05, 0.1) is 22.3 Å². The minimum atomic E-state index is -0.666. The fourth-order valence-corrected chi connectivity index (χ4v) is 6.55. The number of benzene rings is 5. The van der Waals surface area contributed by atoms with Crippen molar-refractivity contribution >= 4 is 79.1 Å². The van der Waals surface area contributed by atoms with Gasteiger partial charge in [0.2, 0.25) is 0 Å². The number of cyclic esters (lactones) is 4. The molecule has 208 valence electrons. The first-order valence-electron chi connectivity index (χ1n) is 14.6. The van der Waals surface area contributed by atoms with E-state index in [1.165, 1.54) is 0 Å². The Kier molecular flexibility index (Phi) is 6.15. The first-order chi connectivity index (χ1) is 20.4. The van der Waals surface area contributed by atoms with Crippen LogP contribution in [0.1, 0.15) is 105 Å². The Morgan fingerprint density at radius 1 is 0.524 bits per heavy atom. The molecule has 0 unspecified atom stereocenters. The number of fused-ring (bicyclic) bond motifs is 2. The molecule has 7 rings (SSSR count). The average Bonchev–Trinajstić information content (AvgIpc) is 2.98. The van der Waals surface area contributed by atoms with Crippen molar-refractivity contribution in [1.82, 2.24) is 0 Å². The highest BCUT2D eigenvalue weighted by Crippen LogP contribution is 2.48. The van der Waals surface area contributed by atoms with Gasteiger partial charge in [-0.2, -0.15) is 0 Å². The average molecular weight is 557 g/mol. The Hall–Kier alpha value is -4.84. The molecule has 0 radical (unpaired) electrons. The molecule has 6 heteroatoms. The van der Waals surface area contributed by atoms with E-state index in [9.17, 15) is 19.2 Å². The van der Waals surface area contributed by atoms with Crippen LogP contribution in [0.15, 0.2) is 48.6 Å². The van der Waals surface area contributed by atoms with Crippen molar-refractivity contribution in [3.8, 4) is 0 Å². The van der Waals surface area contributed by atoms with Crippen molar-refractivity contribution in [2.45, 2.75) is 52.4 Å². The summed E-state index contributed by atoms with van der Waals surface area (Å²) in [6, 6.07) is 10.8. The van der Waals surface area contributed by atoms with E-state index in [1.807, 2.05) is 24.3 Å². The largest absolute Gasteiger partial charge is 0.386 e. The summed E-state index contributed by atoms with van der Waals surface area (Å²) in [5, 5.41) is 6.16. The summed E-state index contributed by atoms with van der Waals surface area (Å²) in [4.78, 5) is 52.0. The van der Waals surface area contributed by atoms with E-state index in [-0.39, 0.29) is 0 Å². The second-order valence-electron chi connectivity index (χ2n) is 11.0. The number of allylic oxidation sites excluding steroid dienone is 2. The zero-order valence-corrected chi connectivity index (χ0v) is 23.5. The molecule has 0 N–H and O–H groups in total. The molecule has 5 aromatic carbocycles. The molecule has 0 atom stereocenters. The lowest BCUT2D eigenvalue weighted by atomic mass is 9.80. The number of hydrogen-bond donors (Lipinski definition) is 0. The minimum absolute atomic E-state index is 0.346. The molecule has 2 aliphatic heterocycles. The van der Waals surface area contributed by atoms with Crippen LogP contribution in [0.2, 0.25) is 0 Å². The lowest BCUT2D eigenvalue weighted by Gasteiger charge is -2.25. The molecular formula is C36H28O6. The van der Waals surface area contributed by atoms with Crippen LogP contribution in [0, 0.1) is 0 Å². The Bertz CT molecular complexity index is 1930. The number of unbranched alkanes of at least 4 members (excludes halogenated alkanes) is 4. The summed E-state index contributed by atoms with van der Waals surface area (Å²) in [7, 11) is 0. The summed E-state index contributed by atoms with van der Waals surface area (Å²) in [5.74, 6) is -2.66. The van der Waals surface area contributed by atoms with Crippen LogP contribution in [0.5, 0.6) is 0 Å². The molecule has 0 spiro atoms. The SMILES string of the molecule is CCCC/C=C/c1cc2c3c(ccc4c5c(/C=C/CCCC)cc6c7c(ccc(c1c34)c75)C(=O)OC6=O)C(=O)OC2=O. The van der Waals surface area contributed by atoms with Gasteiger partial charge in [0, 0.05) is 10.8 Å². The maximum Gasteiger partial charge on any atom is 0.346 e. The fraction of sp³-hybridized carbons (Fsp3) is 0.222. The van der Waals surface area contributed by atoms with Gasteiger partial charge in [-0.15, -0.1) is 0 Å². The predicted molar refractivity (Wildman–Crippen MR) is 164 cm³/mol. The van der Waals surface area contributed by atoms with Crippen LogP contribution < -0.4 is 0 Å². The molecule has 0 saturated carbocycles. The van der Waals surface area contributed by atoms with Crippen molar-refractivity contribution < 1.29 is 28.7 Å². The highest BCUT2D eigenvalue weighted by molar-refractivity contribution is 6.41. The molecule has 2 aliphatic rings. The standard InChI is InChI=1S/C36H28O6/c1-3-5-7-9-11-19-17-25-29-23(33(37)41-35(25)39)16-14-22-28-20(12-10-8-6-4-2)18-26-30-24(34(38)42-36(26)40)15-13-21(32(28)30)27(19)31(22)29/h9-18H,3-8H2,1-2H3/b11-9+,12-10+. The van der Waals surface area contributed by atoms with Gasteiger partial charge in [-0.1, -0.05) is 76.0 Å². The first kappa shape index (κ1) is 26.1. The van der Waals surface area contributed by atoms with Gasteiger partial charge in [-0.25, -0.2) is 19.2 Å². The molecule has 6 nitrogen and oxygen atoms in total. The zero-order chi connectivity index (χ0) is 29.1. The van der Waals surface area contributed by atoms with Gasteiger partial charge >= 0.3 is 23.9 Å². The molecular weight excluding hydrogens is 528 g/mol. The topological polar surface area (TPSA) is 86.7 Å². The van der Waals surface area contributed by atoms with Gasteiger partial charge in [-0.05, 0) is 80.6 Å². The van der Waals surface area contributed by atoms with E-state index >= 15 is 0 Å². The first-order valence-corrected chi connectivity index (χ1v) is 14.6. The maximum absolute atomic E-state index is 13.1. The third-order valence-corrected chi connectivity index (χ3v) is 8.46. The molecule has 5 aromatic rings. The molecule has 0 fully saturated rings. The number of esters is 4. The summed E-state index contributed by atoms with van der Waals surface area (Å²) in [5.41, 5.74) is 3.03. The van der Waals surface area contributed by atoms with Gasteiger partial charge < -0.3 is 9.47 Å². The summed E-state index contributed by atoms with van der Waals surface area (Å²) >= 11 is 0. The summed E-state index contributed by atoms with van der Waals surface area (Å²) in [6.45, 7) is 4.27. The van der Waals surface area contributed by atoms with Gasteiger partial charge in [0.1, 0.15) is 0 Å². The smallest absolute Gasteiger partial charge is 0.346 e. The van der Waals surface area contributed by atoms with E-state index < -0.39 is 23.9 Å². The summed E-state index contributed by atoms with van der Waals surface area (Å²) < 4.78 is 10.3. The number of carbonyl (C=O) groups excluding carboxylic acids is 4. The third kappa shape index (κ3) is 3.71. The van der Waals surface area contributed by atoms with Gasteiger partial charge in [0.25, 0.3) is 0 Å². The van der Waals surface area contributed by atoms with E-state index in [2.05, 4.69) is 26.0 Å². The number of carbonyl (C=O) groups is 4. The van der Waals surface area contributed by atoms with Crippen LogP contribution in [0.4, 0.5) is 0 Å². The lowest BCUT2D eigenvalue weighted by Crippen LogP contribution is -2.21. The predicted octanol–water partition coefficient (Wildman–Crippen LogP) is 8.77. The monoisotopic (exact) mass is 556 g/mol. The molecule has 0 bridgehead atoms. The van der Waals surface area contributed by atoms with Crippen LogP contribution in [0.3, 0.4) is 0 Å². The molecule has 2 heterocycles. The van der Waals surface area contributed by atoms with E-state index in [4.69, 9.17) is 9.47 Å². The Morgan fingerprint density at radius 2 is 0.929 bits per heavy atom. The van der Waals surface area contributed by atoms with Crippen molar-refractivity contribution in [1.29, 1.82) is 0 Å². The number of hydrogen-bond acceptors (Lipinski definition) is 6. The molecule has 0 saturated heterocycles. The lowest BCUT2D eigenvalue weighted by molar-refractivity contribution is 0.0373. The van der Waals surface area contributed by atoms with Crippen molar-refractivity contribution in [3.63, 3.8) is 0 Å². The molecule has 42 heavy (non-hydrogen) atoms. The summed E-state index contributed by atoms with van der Waals surface area (Å²) in [6.07, 6.45) is 14.2. The molecule has 0 aromatic heterocycles. The Morgan fingerprint density at radius 3 is 1.33 bits per heavy atom. The Labute approximate surface area is 241 Å². The van der Waals surface area contributed by atoms with E-state index in [0.29, 0.717) is 33.0 Å². The van der Waals surface area contributed by atoms with Crippen molar-refractivity contribution in [2.75, 3.05) is 0 Å². The van der Waals surface area contributed by atoms with Crippen LogP contribution in [-0.4, -0.2) is 23.9 Å². The van der Waals surface area contributed by atoms with Gasteiger partial charge in [-0.3, -0.25) is 0 Å². The normalized spacial score (nSPS) is 14.9. The van der Waals surface area contributed by atoms with Crippen LogP contribution >= 0.6 is 0 Å². The molecule has 0 aliphatic carbocycles.